The lowest BCUT2D eigenvalue weighted by Gasteiger charge is -2.03. The Morgan fingerprint density at radius 3 is 2.24 bits per heavy atom. The van der Waals surface area contributed by atoms with Crippen molar-refractivity contribution < 1.29 is 4.79 Å². The minimum atomic E-state index is -0.287. The Bertz CT molecular complexity index is 499. The van der Waals surface area contributed by atoms with E-state index in [0.717, 1.165) is 9.79 Å². The Morgan fingerprint density at radius 2 is 1.65 bits per heavy atom. The maximum atomic E-state index is 11.2. The van der Waals surface area contributed by atoms with Gasteiger partial charge in [0.2, 0.25) is 0 Å². The van der Waals surface area contributed by atoms with Crippen molar-refractivity contribution in [1.29, 1.82) is 0 Å². The minimum Gasteiger partial charge on any atom is -0.290 e. The van der Waals surface area contributed by atoms with E-state index in [9.17, 15) is 4.79 Å². The first-order chi connectivity index (χ1) is 8.29. The van der Waals surface area contributed by atoms with E-state index in [1.807, 2.05) is 24.3 Å². The first-order valence-corrected chi connectivity index (χ1v) is 5.80. The second kappa shape index (κ2) is 5.47. The Labute approximate surface area is 103 Å². The molecule has 1 aromatic carbocycles. The van der Waals surface area contributed by atoms with E-state index in [4.69, 9.17) is 5.84 Å². The molecule has 0 saturated carbocycles. The van der Waals surface area contributed by atoms with Crippen molar-refractivity contribution in [2.75, 3.05) is 0 Å². The molecule has 0 saturated heterocycles. The summed E-state index contributed by atoms with van der Waals surface area (Å²) in [5.41, 5.74) is 2.64. The number of hydrazine groups is 1. The SMILES string of the molecule is NNC(=O)c1ccc(Sc2ccncc2)cc1. The van der Waals surface area contributed by atoms with E-state index >= 15 is 0 Å². The molecule has 1 amide bonds. The first-order valence-electron chi connectivity index (χ1n) is 4.98. The van der Waals surface area contributed by atoms with Gasteiger partial charge in [-0.1, -0.05) is 11.8 Å². The molecule has 86 valence electrons. The molecule has 1 heterocycles. The van der Waals surface area contributed by atoms with Crippen LogP contribution in [0, 0.1) is 0 Å². The van der Waals surface area contributed by atoms with Gasteiger partial charge in [0, 0.05) is 27.7 Å². The minimum absolute atomic E-state index is 0.287. The zero-order chi connectivity index (χ0) is 12.1. The zero-order valence-electron chi connectivity index (χ0n) is 8.96. The smallest absolute Gasteiger partial charge is 0.265 e. The van der Waals surface area contributed by atoms with Crippen LogP contribution >= 0.6 is 11.8 Å². The van der Waals surface area contributed by atoms with E-state index in [0.29, 0.717) is 5.56 Å². The van der Waals surface area contributed by atoms with E-state index in [2.05, 4.69) is 10.4 Å². The Balaban J connectivity index is 2.11. The van der Waals surface area contributed by atoms with Gasteiger partial charge in [0.05, 0.1) is 0 Å². The number of carbonyl (C=O) groups is 1. The van der Waals surface area contributed by atoms with Crippen molar-refractivity contribution in [1.82, 2.24) is 10.4 Å². The highest BCUT2D eigenvalue weighted by Gasteiger charge is 2.03. The number of carbonyl (C=O) groups excluding carboxylic acids is 1. The second-order valence-corrected chi connectivity index (χ2v) is 4.43. The molecule has 0 atom stereocenters. The molecule has 0 spiro atoms. The van der Waals surface area contributed by atoms with Crippen molar-refractivity contribution >= 4 is 17.7 Å². The van der Waals surface area contributed by atoms with Crippen LogP contribution in [0.15, 0.2) is 58.6 Å². The fourth-order valence-corrected chi connectivity index (χ4v) is 2.10. The monoisotopic (exact) mass is 245 g/mol. The maximum absolute atomic E-state index is 11.2. The van der Waals surface area contributed by atoms with E-state index in [-0.39, 0.29) is 5.91 Å². The molecule has 0 unspecified atom stereocenters. The topological polar surface area (TPSA) is 68.0 Å². The molecule has 3 N–H and O–H groups in total. The van der Waals surface area contributed by atoms with Crippen molar-refractivity contribution in [2.24, 2.45) is 5.84 Å². The fraction of sp³-hybridized carbons (Fsp3) is 0. The number of aromatic nitrogens is 1. The quantitative estimate of drug-likeness (QED) is 0.492. The summed E-state index contributed by atoms with van der Waals surface area (Å²) in [5.74, 6) is 4.77. The van der Waals surface area contributed by atoms with Gasteiger partial charge in [0.25, 0.3) is 5.91 Å². The zero-order valence-corrected chi connectivity index (χ0v) is 9.78. The van der Waals surface area contributed by atoms with Crippen LogP contribution in [0.5, 0.6) is 0 Å². The van der Waals surface area contributed by atoms with Crippen LogP contribution in [-0.2, 0) is 0 Å². The molecule has 4 nitrogen and oxygen atoms in total. The number of rotatable bonds is 3. The lowest BCUT2D eigenvalue weighted by atomic mass is 10.2. The Morgan fingerprint density at radius 1 is 1.06 bits per heavy atom. The standard InChI is InChI=1S/C12H11N3OS/c13-15-12(16)9-1-3-10(4-2-9)17-11-5-7-14-8-6-11/h1-8H,13H2,(H,15,16). The molecule has 1 aromatic heterocycles. The van der Waals surface area contributed by atoms with Gasteiger partial charge in [-0.15, -0.1) is 0 Å². The van der Waals surface area contributed by atoms with E-state index in [1.165, 1.54) is 0 Å². The second-order valence-electron chi connectivity index (χ2n) is 3.28. The van der Waals surface area contributed by atoms with Crippen molar-refractivity contribution in [3.63, 3.8) is 0 Å². The number of hydrogen-bond donors (Lipinski definition) is 2. The largest absolute Gasteiger partial charge is 0.290 e. The highest BCUT2D eigenvalue weighted by Crippen LogP contribution is 2.26. The number of hydrogen-bond acceptors (Lipinski definition) is 4. The van der Waals surface area contributed by atoms with E-state index < -0.39 is 0 Å². The summed E-state index contributed by atoms with van der Waals surface area (Å²) in [6.07, 6.45) is 3.50. The van der Waals surface area contributed by atoms with Crippen LogP contribution in [-0.4, -0.2) is 10.9 Å². The lowest BCUT2D eigenvalue weighted by Crippen LogP contribution is -2.29. The Kier molecular flexibility index (Phi) is 3.74. The summed E-state index contributed by atoms with van der Waals surface area (Å²) >= 11 is 1.61. The van der Waals surface area contributed by atoms with Gasteiger partial charge in [0.1, 0.15) is 0 Å². The molecule has 0 bridgehead atoms. The van der Waals surface area contributed by atoms with Gasteiger partial charge in [-0.25, -0.2) is 5.84 Å². The number of nitrogen functional groups attached to an aromatic ring is 1. The molecule has 5 heteroatoms. The number of pyridine rings is 1. The summed E-state index contributed by atoms with van der Waals surface area (Å²) in [6, 6.07) is 11.1. The highest BCUT2D eigenvalue weighted by atomic mass is 32.2. The van der Waals surface area contributed by atoms with Crippen molar-refractivity contribution in [3.8, 4) is 0 Å². The number of nitrogens with two attached hydrogens (primary N) is 1. The third kappa shape index (κ3) is 3.05. The summed E-state index contributed by atoms with van der Waals surface area (Å²) in [5, 5.41) is 0. The van der Waals surface area contributed by atoms with Gasteiger partial charge in [-0.05, 0) is 36.4 Å². The van der Waals surface area contributed by atoms with Gasteiger partial charge in [0.15, 0.2) is 0 Å². The summed E-state index contributed by atoms with van der Waals surface area (Å²) in [4.78, 5) is 17.4. The number of nitrogens with one attached hydrogen (secondary N) is 1. The third-order valence-corrected chi connectivity index (χ3v) is 3.15. The molecule has 0 aliphatic carbocycles. The molecule has 0 fully saturated rings. The van der Waals surface area contributed by atoms with E-state index in [1.54, 1.807) is 36.3 Å². The lowest BCUT2D eigenvalue weighted by molar-refractivity contribution is 0.0953. The van der Waals surface area contributed by atoms with Gasteiger partial charge in [-0.2, -0.15) is 0 Å². The molecule has 17 heavy (non-hydrogen) atoms. The summed E-state index contributed by atoms with van der Waals surface area (Å²) in [7, 11) is 0. The van der Waals surface area contributed by atoms with Crippen molar-refractivity contribution in [3.05, 3.63) is 54.4 Å². The van der Waals surface area contributed by atoms with Gasteiger partial charge < -0.3 is 0 Å². The van der Waals surface area contributed by atoms with Crippen LogP contribution in [0.3, 0.4) is 0 Å². The third-order valence-electron chi connectivity index (χ3n) is 2.13. The van der Waals surface area contributed by atoms with Crippen LogP contribution in [0.4, 0.5) is 0 Å². The predicted octanol–water partition coefficient (Wildman–Crippen LogP) is 1.84. The molecular formula is C12H11N3OS. The molecule has 2 aromatic rings. The summed E-state index contributed by atoms with van der Waals surface area (Å²) in [6.45, 7) is 0. The predicted molar refractivity (Wildman–Crippen MR) is 66.5 cm³/mol. The van der Waals surface area contributed by atoms with Gasteiger partial charge >= 0.3 is 0 Å². The maximum Gasteiger partial charge on any atom is 0.265 e. The van der Waals surface area contributed by atoms with Crippen molar-refractivity contribution in [2.45, 2.75) is 9.79 Å². The number of benzene rings is 1. The molecule has 0 radical (unpaired) electrons. The number of nitrogens with zero attached hydrogens (tertiary/aromatic N) is 1. The molecule has 0 aliphatic rings. The van der Waals surface area contributed by atoms with Crippen LogP contribution in [0.1, 0.15) is 10.4 Å². The average Bonchev–Trinajstić information content (AvgIpc) is 2.40. The molecule has 2 rings (SSSR count). The molecule has 0 aliphatic heterocycles. The summed E-state index contributed by atoms with van der Waals surface area (Å²) < 4.78 is 0. The fourth-order valence-electron chi connectivity index (χ4n) is 1.30. The van der Waals surface area contributed by atoms with Gasteiger partial charge in [-0.3, -0.25) is 15.2 Å². The van der Waals surface area contributed by atoms with Crippen LogP contribution < -0.4 is 11.3 Å². The van der Waals surface area contributed by atoms with Crippen LogP contribution in [0.25, 0.3) is 0 Å². The van der Waals surface area contributed by atoms with Crippen LogP contribution in [0.2, 0.25) is 0 Å². The number of amides is 1. The normalized spacial score (nSPS) is 9.94. The molecular weight excluding hydrogens is 234 g/mol. The highest BCUT2D eigenvalue weighted by molar-refractivity contribution is 7.99. The average molecular weight is 245 g/mol. The Hall–Kier alpha value is -1.85. The first kappa shape index (κ1) is 11.6.